The van der Waals surface area contributed by atoms with Crippen LogP contribution in [0.1, 0.15) is 64.2 Å². The zero-order chi connectivity index (χ0) is 33.5. The highest BCUT2D eigenvalue weighted by molar-refractivity contribution is 5.90. The van der Waals surface area contributed by atoms with Crippen molar-refractivity contribution in [2.75, 3.05) is 6.54 Å². The summed E-state index contributed by atoms with van der Waals surface area (Å²) in [5, 5.41) is 23.9. The number of likely N-dealkylation sites (tertiary alicyclic amines) is 1. The molecule has 10 nitrogen and oxygen atoms in total. The number of aliphatic carboxylic acids is 2. The standard InChI is InChI=1S/C36H44N2O8/c1-6-30-35(31(39)40,37-33(43)46-34(3,4)5)24-38(36(30,7-2)32(41)42)21-27-18-19-28(44-22-25-14-10-8-11-15-25)29(20-27)45-23-26-16-12-9-13-17-26/h8-20,30H,6-7,21-24H2,1-5H3,(H,37,43)(H,39,40)(H,41,42)/t30?,35-,36+/m0/s1. The first-order valence-corrected chi connectivity index (χ1v) is 15.5. The fourth-order valence-electron chi connectivity index (χ4n) is 6.43. The number of hydrogen-bond donors (Lipinski definition) is 3. The number of hydrogen-bond acceptors (Lipinski definition) is 7. The molecule has 1 saturated heterocycles. The summed E-state index contributed by atoms with van der Waals surface area (Å²) >= 11 is 0. The third kappa shape index (κ3) is 7.45. The van der Waals surface area contributed by atoms with E-state index in [1.165, 1.54) is 0 Å². The Morgan fingerprint density at radius 1 is 0.826 bits per heavy atom. The predicted octanol–water partition coefficient (Wildman–Crippen LogP) is 6.27. The minimum atomic E-state index is -1.91. The summed E-state index contributed by atoms with van der Waals surface area (Å²) in [5.74, 6) is -2.45. The molecule has 1 unspecified atom stereocenters. The van der Waals surface area contributed by atoms with Crippen molar-refractivity contribution in [2.45, 2.75) is 83.9 Å². The zero-order valence-corrected chi connectivity index (χ0v) is 27.1. The average molecular weight is 633 g/mol. The maximum Gasteiger partial charge on any atom is 0.408 e. The van der Waals surface area contributed by atoms with Gasteiger partial charge in [0.25, 0.3) is 0 Å². The van der Waals surface area contributed by atoms with Gasteiger partial charge in [0.1, 0.15) is 24.4 Å². The quantitative estimate of drug-likeness (QED) is 0.199. The molecule has 1 heterocycles. The Bertz CT molecular complexity index is 1510. The number of carbonyl (C=O) groups is 3. The van der Waals surface area contributed by atoms with Gasteiger partial charge in [-0.1, -0.05) is 80.6 Å². The first-order valence-electron chi connectivity index (χ1n) is 15.5. The second kappa shape index (κ2) is 14.2. The number of nitrogens with zero attached hydrogens (tertiary/aromatic N) is 1. The van der Waals surface area contributed by atoms with E-state index >= 15 is 0 Å². The van der Waals surface area contributed by atoms with Gasteiger partial charge in [-0.05, 0) is 62.4 Å². The number of benzene rings is 3. The van der Waals surface area contributed by atoms with E-state index < -0.39 is 40.6 Å². The Morgan fingerprint density at radius 3 is 1.87 bits per heavy atom. The van der Waals surface area contributed by atoms with Gasteiger partial charge in [-0.25, -0.2) is 9.59 Å². The van der Waals surface area contributed by atoms with Gasteiger partial charge in [0, 0.05) is 19.0 Å². The summed E-state index contributed by atoms with van der Waals surface area (Å²) in [6.07, 6.45) is -0.611. The van der Waals surface area contributed by atoms with Crippen LogP contribution in [-0.2, 0) is 34.1 Å². The smallest absolute Gasteiger partial charge is 0.408 e. The van der Waals surface area contributed by atoms with E-state index in [1.807, 2.05) is 66.7 Å². The molecule has 3 aromatic carbocycles. The number of rotatable bonds is 13. The van der Waals surface area contributed by atoms with Crippen molar-refractivity contribution < 1.29 is 38.8 Å². The van der Waals surface area contributed by atoms with Crippen LogP contribution in [0.3, 0.4) is 0 Å². The lowest BCUT2D eigenvalue weighted by molar-refractivity contribution is -0.154. The molecule has 0 saturated carbocycles. The monoisotopic (exact) mass is 632 g/mol. The van der Waals surface area contributed by atoms with Crippen molar-refractivity contribution in [3.05, 3.63) is 95.6 Å². The molecule has 3 aromatic rings. The van der Waals surface area contributed by atoms with Crippen LogP contribution in [0.15, 0.2) is 78.9 Å². The summed E-state index contributed by atoms with van der Waals surface area (Å²) in [5.41, 5.74) is -1.73. The van der Waals surface area contributed by atoms with Crippen molar-refractivity contribution in [2.24, 2.45) is 5.92 Å². The molecule has 246 valence electrons. The van der Waals surface area contributed by atoms with Gasteiger partial charge in [-0.3, -0.25) is 9.69 Å². The van der Waals surface area contributed by atoms with E-state index in [0.29, 0.717) is 23.7 Å². The third-order valence-electron chi connectivity index (χ3n) is 8.46. The molecule has 1 aliphatic heterocycles. The van der Waals surface area contributed by atoms with Crippen LogP contribution in [0, 0.1) is 5.92 Å². The zero-order valence-electron chi connectivity index (χ0n) is 27.1. The van der Waals surface area contributed by atoms with Gasteiger partial charge in [-0.2, -0.15) is 0 Å². The lowest BCUT2D eigenvalue weighted by Gasteiger charge is -2.39. The highest BCUT2D eigenvalue weighted by Crippen LogP contribution is 2.47. The molecule has 3 atom stereocenters. The second-order valence-corrected chi connectivity index (χ2v) is 12.6. The highest BCUT2D eigenvalue weighted by atomic mass is 16.6. The average Bonchev–Trinajstić information content (AvgIpc) is 3.29. The number of carboxylic acids is 2. The Morgan fingerprint density at radius 2 is 1.39 bits per heavy atom. The predicted molar refractivity (Wildman–Crippen MR) is 173 cm³/mol. The Kier molecular flexibility index (Phi) is 10.6. The molecular formula is C36H44N2O8. The Balaban J connectivity index is 1.70. The van der Waals surface area contributed by atoms with E-state index in [1.54, 1.807) is 51.7 Å². The molecule has 4 rings (SSSR count). The summed E-state index contributed by atoms with van der Waals surface area (Å²) in [6.45, 7) is 8.94. The topological polar surface area (TPSA) is 135 Å². The maximum absolute atomic E-state index is 13.1. The number of nitrogens with one attached hydrogen (secondary N) is 1. The van der Waals surface area contributed by atoms with Gasteiger partial charge in [0.2, 0.25) is 0 Å². The molecular weight excluding hydrogens is 588 g/mol. The van der Waals surface area contributed by atoms with Crippen molar-refractivity contribution in [3.63, 3.8) is 0 Å². The summed E-state index contributed by atoms with van der Waals surface area (Å²) in [7, 11) is 0. The van der Waals surface area contributed by atoms with Gasteiger partial charge >= 0.3 is 18.0 Å². The fraction of sp³-hybridized carbons (Fsp3) is 0.417. The van der Waals surface area contributed by atoms with E-state index in [2.05, 4.69) is 5.32 Å². The Hall–Kier alpha value is -4.57. The molecule has 1 aliphatic rings. The number of alkyl carbamates (subject to hydrolysis) is 1. The van der Waals surface area contributed by atoms with Gasteiger partial charge < -0.3 is 29.7 Å². The normalized spacial score (nSPS) is 21.4. The highest BCUT2D eigenvalue weighted by Gasteiger charge is 2.67. The SMILES string of the molecule is CCC1[C@](CC)(C(=O)O)N(Cc2ccc(OCc3ccccc3)c(OCc3ccccc3)c2)C[C@@]1(NC(=O)OC(C)(C)C)C(=O)O. The number of carbonyl (C=O) groups excluding carboxylic acids is 1. The largest absolute Gasteiger partial charge is 0.485 e. The van der Waals surface area contributed by atoms with Crippen LogP contribution < -0.4 is 14.8 Å². The van der Waals surface area contributed by atoms with Crippen molar-refractivity contribution >= 4 is 18.0 Å². The molecule has 1 fully saturated rings. The van der Waals surface area contributed by atoms with Gasteiger partial charge in [0.05, 0.1) is 0 Å². The van der Waals surface area contributed by atoms with Crippen LogP contribution in [0.4, 0.5) is 4.79 Å². The van der Waals surface area contributed by atoms with Crippen molar-refractivity contribution in [1.82, 2.24) is 10.2 Å². The molecule has 0 aromatic heterocycles. The van der Waals surface area contributed by atoms with E-state index in [9.17, 15) is 24.6 Å². The fourth-order valence-corrected chi connectivity index (χ4v) is 6.43. The van der Waals surface area contributed by atoms with Gasteiger partial charge in [-0.15, -0.1) is 0 Å². The first kappa shape index (κ1) is 34.3. The Labute approximate surface area is 270 Å². The molecule has 0 bridgehead atoms. The molecule has 0 radical (unpaired) electrons. The lowest BCUT2D eigenvalue weighted by atomic mass is 9.72. The van der Waals surface area contributed by atoms with Crippen molar-refractivity contribution in [1.29, 1.82) is 0 Å². The maximum atomic E-state index is 13.1. The molecule has 46 heavy (non-hydrogen) atoms. The number of carboxylic acid groups (broad SMARTS) is 2. The van der Waals surface area contributed by atoms with Crippen LogP contribution in [0.25, 0.3) is 0 Å². The van der Waals surface area contributed by atoms with E-state index in [4.69, 9.17) is 14.2 Å². The van der Waals surface area contributed by atoms with Crippen LogP contribution in [-0.4, -0.2) is 56.4 Å². The minimum Gasteiger partial charge on any atom is -0.485 e. The van der Waals surface area contributed by atoms with Crippen LogP contribution in [0.2, 0.25) is 0 Å². The summed E-state index contributed by atoms with van der Waals surface area (Å²) in [4.78, 5) is 40.7. The first-order chi connectivity index (χ1) is 21.8. The van der Waals surface area contributed by atoms with E-state index in [-0.39, 0.29) is 32.5 Å². The summed E-state index contributed by atoms with van der Waals surface area (Å²) in [6, 6.07) is 24.8. The lowest BCUT2D eigenvalue weighted by Crippen LogP contribution is -2.63. The number of ether oxygens (including phenoxy) is 3. The van der Waals surface area contributed by atoms with Crippen LogP contribution in [0.5, 0.6) is 11.5 Å². The minimum absolute atomic E-state index is 0.0856. The van der Waals surface area contributed by atoms with E-state index in [0.717, 1.165) is 11.1 Å². The van der Waals surface area contributed by atoms with Gasteiger partial charge in [0.15, 0.2) is 17.0 Å². The second-order valence-electron chi connectivity index (χ2n) is 12.6. The third-order valence-corrected chi connectivity index (χ3v) is 8.46. The molecule has 1 amide bonds. The van der Waals surface area contributed by atoms with Crippen LogP contribution >= 0.6 is 0 Å². The summed E-state index contributed by atoms with van der Waals surface area (Å²) < 4.78 is 17.8. The molecule has 10 heteroatoms. The molecule has 0 spiro atoms. The molecule has 0 aliphatic carbocycles. The number of amides is 1. The molecule has 3 N–H and O–H groups in total. The van der Waals surface area contributed by atoms with Crippen molar-refractivity contribution in [3.8, 4) is 11.5 Å².